The summed E-state index contributed by atoms with van der Waals surface area (Å²) in [5.41, 5.74) is 0. The van der Waals surface area contributed by atoms with E-state index in [2.05, 4.69) is 11.8 Å². The zero-order chi connectivity index (χ0) is 26.7. The van der Waals surface area contributed by atoms with Crippen LogP contribution in [0.3, 0.4) is 0 Å². The van der Waals surface area contributed by atoms with E-state index < -0.39 is 0 Å². The summed E-state index contributed by atoms with van der Waals surface area (Å²) in [6.45, 7) is 9.59. The summed E-state index contributed by atoms with van der Waals surface area (Å²) in [4.78, 5) is 25.7. The van der Waals surface area contributed by atoms with Crippen LogP contribution in [-0.2, 0) is 19.1 Å². The maximum absolute atomic E-state index is 11.8. The molecule has 6 heteroatoms. The molecule has 0 saturated heterocycles. The molecule has 0 bridgehead atoms. The highest BCUT2D eigenvalue weighted by atomic mass is 16.5. The average Bonchev–Trinajstić information content (AvgIpc) is 2.83. The second kappa shape index (κ2) is 26.9. The molecule has 0 amide bonds. The van der Waals surface area contributed by atoms with Crippen molar-refractivity contribution in [3.05, 3.63) is 0 Å². The molecule has 0 saturated carbocycles. The van der Waals surface area contributed by atoms with Crippen LogP contribution in [0.25, 0.3) is 0 Å². The Morgan fingerprint density at radius 1 is 0.639 bits per heavy atom. The molecule has 0 atom stereocenters. The molecule has 0 aliphatic carbocycles. The summed E-state index contributed by atoms with van der Waals surface area (Å²) in [6, 6.07) is 0. The molecule has 0 spiro atoms. The summed E-state index contributed by atoms with van der Waals surface area (Å²) < 4.78 is 10.5. The lowest BCUT2D eigenvalue weighted by Crippen LogP contribution is -2.29. The van der Waals surface area contributed by atoms with Crippen molar-refractivity contribution in [2.45, 2.75) is 149 Å². The van der Waals surface area contributed by atoms with Crippen molar-refractivity contribution in [3.63, 3.8) is 0 Å². The van der Waals surface area contributed by atoms with Crippen LogP contribution >= 0.6 is 0 Å². The first-order valence-corrected chi connectivity index (χ1v) is 15.2. The van der Waals surface area contributed by atoms with Gasteiger partial charge < -0.3 is 19.5 Å². The van der Waals surface area contributed by atoms with Crippen molar-refractivity contribution in [1.82, 2.24) is 4.90 Å². The number of unbranched alkanes of at least 4 members (excludes halogenated alkanes) is 14. The van der Waals surface area contributed by atoms with Crippen LogP contribution in [0.2, 0.25) is 0 Å². The highest BCUT2D eigenvalue weighted by molar-refractivity contribution is 5.69. The van der Waals surface area contributed by atoms with Gasteiger partial charge in [0.25, 0.3) is 0 Å². The lowest BCUT2D eigenvalue weighted by molar-refractivity contribution is -0.147. The summed E-state index contributed by atoms with van der Waals surface area (Å²) in [7, 11) is 0. The fourth-order valence-corrected chi connectivity index (χ4v) is 4.39. The molecule has 0 aliphatic heterocycles. The Morgan fingerprint density at radius 2 is 1.11 bits per heavy atom. The van der Waals surface area contributed by atoms with Gasteiger partial charge in [0.05, 0.1) is 19.3 Å². The van der Waals surface area contributed by atoms with E-state index in [4.69, 9.17) is 9.47 Å². The highest BCUT2D eigenvalue weighted by Crippen LogP contribution is 2.11. The van der Waals surface area contributed by atoms with Crippen molar-refractivity contribution < 1.29 is 24.2 Å². The number of hydrogen-bond acceptors (Lipinski definition) is 6. The quantitative estimate of drug-likeness (QED) is 0.0924. The number of aliphatic hydroxyl groups is 1. The molecular weight excluding hydrogens is 454 g/mol. The zero-order valence-corrected chi connectivity index (χ0v) is 24.1. The molecule has 0 aliphatic rings. The second-order valence-corrected chi connectivity index (χ2v) is 10.5. The molecule has 0 unspecified atom stereocenters. The maximum atomic E-state index is 11.8. The molecule has 0 aromatic carbocycles. The van der Waals surface area contributed by atoms with Crippen LogP contribution in [0, 0.1) is 0 Å². The molecule has 0 aromatic rings. The molecule has 0 heterocycles. The van der Waals surface area contributed by atoms with Crippen molar-refractivity contribution in [2.24, 2.45) is 0 Å². The third-order valence-corrected chi connectivity index (χ3v) is 6.50. The molecule has 0 rings (SSSR count). The summed E-state index contributed by atoms with van der Waals surface area (Å²) in [6.07, 6.45) is 20.6. The van der Waals surface area contributed by atoms with Crippen molar-refractivity contribution >= 4 is 11.9 Å². The van der Waals surface area contributed by atoms with Crippen molar-refractivity contribution in [1.29, 1.82) is 0 Å². The van der Waals surface area contributed by atoms with E-state index in [0.717, 1.165) is 83.8 Å². The van der Waals surface area contributed by atoms with Gasteiger partial charge in [-0.05, 0) is 59.0 Å². The first-order valence-electron chi connectivity index (χ1n) is 15.2. The molecule has 1 N–H and O–H groups in total. The monoisotopic (exact) mass is 513 g/mol. The fourth-order valence-electron chi connectivity index (χ4n) is 4.39. The first-order chi connectivity index (χ1) is 17.5. The number of carbonyl (C=O) groups is 2. The number of hydrogen-bond donors (Lipinski definition) is 1. The number of rotatable bonds is 27. The molecule has 0 aromatic heterocycles. The Balaban J connectivity index is 3.56. The average molecular weight is 514 g/mol. The molecule has 214 valence electrons. The van der Waals surface area contributed by atoms with E-state index in [0.29, 0.717) is 19.4 Å². The topological polar surface area (TPSA) is 76.1 Å². The predicted molar refractivity (Wildman–Crippen MR) is 149 cm³/mol. The van der Waals surface area contributed by atoms with E-state index in [1.807, 2.05) is 13.8 Å². The van der Waals surface area contributed by atoms with Gasteiger partial charge >= 0.3 is 11.9 Å². The van der Waals surface area contributed by atoms with E-state index in [1.54, 1.807) is 0 Å². The minimum Gasteiger partial charge on any atom is -0.466 e. The molecular formula is C30H59NO5. The molecule has 6 nitrogen and oxygen atoms in total. The van der Waals surface area contributed by atoms with Gasteiger partial charge in [0.15, 0.2) is 0 Å². The van der Waals surface area contributed by atoms with Crippen LogP contribution in [0.5, 0.6) is 0 Å². The minimum atomic E-state index is -0.0853. The third kappa shape index (κ3) is 25.9. The molecule has 0 radical (unpaired) electrons. The number of ether oxygens (including phenoxy) is 2. The van der Waals surface area contributed by atoms with Crippen LogP contribution in [0.4, 0.5) is 0 Å². The van der Waals surface area contributed by atoms with Gasteiger partial charge in [0.2, 0.25) is 0 Å². The Kier molecular flexibility index (Phi) is 26.1. The van der Waals surface area contributed by atoms with Gasteiger partial charge in [0.1, 0.15) is 0 Å². The van der Waals surface area contributed by atoms with Gasteiger partial charge in [-0.3, -0.25) is 9.59 Å². The predicted octanol–water partition coefficient (Wildman–Crippen LogP) is 7.21. The molecule has 0 fully saturated rings. The first kappa shape index (κ1) is 34.9. The summed E-state index contributed by atoms with van der Waals surface area (Å²) in [5.74, 6) is -0.122. The van der Waals surface area contributed by atoms with E-state index in [1.165, 1.54) is 44.9 Å². The lowest BCUT2D eigenvalue weighted by atomic mass is 10.1. The van der Waals surface area contributed by atoms with E-state index in [-0.39, 0.29) is 24.6 Å². The van der Waals surface area contributed by atoms with Crippen LogP contribution in [0.15, 0.2) is 0 Å². The van der Waals surface area contributed by atoms with Crippen LogP contribution in [-0.4, -0.2) is 60.9 Å². The Hall–Kier alpha value is -1.14. The van der Waals surface area contributed by atoms with Crippen molar-refractivity contribution in [3.8, 4) is 0 Å². The Morgan fingerprint density at radius 3 is 1.64 bits per heavy atom. The SMILES string of the molecule is CCCCCCCCCOC(=O)CCCCCCCN(CCO)CCCCCCCC(=O)OC(C)C. The fraction of sp³-hybridized carbons (Fsp3) is 0.933. The van der Waals surface area contributed by atoms with Gasteiger partial charge in [-0.25, -0.2) is 0 Å². The minimum absolute atomic E-state index is 0.0248. The number of esters is 2. The van der Waals surface area contributed by atoms with Crippen LogP contribution < -0.4 is 0 Å². The van der Waals surface area contributed by atoms with E-state index >= 15 is 0 Å². The van der Waals surface area contributed by atoms with Gasteiger partial charge in [0, 0.05) is 19.4 Å². The van der Waals surface area contributed by atoms with Gasteiger partial charge in [-0.2, -0.15) is 0 Å². The number of aliphatic hydroxyl groups excluding tert-OH is 1. The maximum Gasteiger partial charge on any atom is 0.306 e. The number of carbonyl (C=O) groups excluding carboxylic acids is 2. The summed E-state index contributed by atoms with van der Waals surface area (Å²) >= 11 is 0. The number of nitrogens with zero attached hydrogens (tertiary/aromatic N) is 1. The standard InChI is InChI=1S/C30H59NO5/c1-4-5-6-7-8-15-20-27-35-29(33)21-16-11-9-13-18-23-31(25-26-32)24-19-14-10-12-17-22-30(34)36-28(2)3/h28,32H,4-27H2,1-3H3. The second-order valence-electron chi connectivity index (χ2n) is 10.5. The third-order valence-electron chi connectivity index (χ3n) is 6.50. The van der Waals surface area contributed by atoms with E-state index in [9.17, 15) is 14.7 Å². The Bertz CT molecular complexity index is 498. The largest absolute Gasteiger partial charge is 0.466 e. The molecule has 36 heavy (non-hydrogen) atoms. The normalized spacial score (nSPS) is 11.4. The lowest BCUT2D eigenvalue weighted by Gasteiger charge is -2.21. The summed E-state index contributed by atoms with van der Waals surface area (Å²) in [5, 5.41) is 9.35. The Labute approximate surface area is 222 Å². The zero-order valence-electron chi connectivity index (χ0n) is 24.1. The van der Waals surface area contributed by atoms with Crippen molar-refractivity contribution in [2.75, 3.05) is 32.8 Å². The van der Waals surface area contributed by atoms with Gasteiger partial charge in [-0.15, -0.1) is 0 Å². The smallest absolute Gasteiger partial charge is 0.306 e. The highest BCUT2D eigenvalue weighted by Gasteiger charge is 2.07. The van der Waals surface area contributed by atoms with Gasteiger partial charge in [-0.1, -0.05) is 84.0 Å². The van der Waals surface area contributed by atoms with Crippen LogP contribution in [0.1, 0.15) is 143 Å².